The summed E-state index contributed by atoms with van der Waals surface area (Å²) in [4.78, 5) is 24.9. The van der Waals surface area contributed by atoms with Crippen molar-refractivity contribution in [3.8, 4) is 17.1 Å². The summed E-state index contributed by atoms with van der Waals surface area (Å²) < 4.78 is 43.8. The van der Waals surface area contributed by atoms with E-state index >= 15 is 0 Å². The van der Waals surface area contributed by atoms with Crippen molar-refractivity contribution in [3.05, 3.63) is 77.5 Å². The second-order valence-electron chi connectivity index (χ2n) is 8.78. The van der Waals surface area contributed by atoms with Crippen LogP contribution in [0.5, 0.6) is 5.75 Å². The second-order valence-corrected chi connectivity index (χ2v) is 8.78. The van der Waals surface area contributed by atoms with E-state index in [0.29, 0.717) is 35.9 Å². The number of aromatic nitrogens is 3. The number of alkyl halides is 3. The minimum Gasteiger partial charge on any atom is -0.489 e. The van der Waals surface area contributed by atoms with Gasteiger partial charge in [0.05, 0.1) is 11.1 Å². The fraction of sp³-hybridized carbons (Fsp3) is 0.269. The van der Waals surface area contributed by atoms with Crippen LogP contribution in [0.15, 0.2) is 60.8 Å². The van der Waals surface area contributed by atoms with Crippen LogP contribution in [-0.2, 0) is 12.8 Å². The van der Waals surface area contributed by atoms with Crippen molar-refractivity contribution in [2.75, 3.05) is 13.1 Å². The number of carboxylic acid groups (broad SMARTS) is 1. The number of carbonyl (C=O) groups is 1. The van der Waals surface area contributed by atoms with Gasteiger partial charge in [-0.25, -0.2) is 14.8 Å². The van der Waals surface area contributed by atoms with E-state index in [0.717, 1.165) is 41.6 Å². The number of halogens is 3. The number of pyridine rings is 1. The van der Waals surface area contributed by atoms with Gasteiger partial charge in [0.15, 0.2) is 5.65 Å². The highest BCUT2D eigenvalue weighted by molar-refractivity contribution is 5.76. The molecule has 0 bridgehead atoms. The third kappa shape index (κ3) is 5.12. The predicted octanol–water partition coefficient (Wildman–Crippen LogP) is 6.08. The first kappa shape index (κ1) is 23.7. The Labute approximate surface area is 204 Å². The van der Waals surface area contributed by atoms with Gasteiger partial charge in [-0.05, 0) is 72.4 Å². The summed E-state index contributed by atoms with van der Waals surface area (Å²) in [5.74, 6) is 1.50. The molecule has 7 nitrogen and oxygen atoms in total. The van der Waals surface area contributed by atoms with E-state index in [9.17, 15) is 18.0 Å². The number of piperidine rings is 1. The molecule has 0 saturated carbocycles. The summed E-state index contributed by atoms with van der Waals surface area (Å²) >= 11 is 0. The van der Waals surface area contributed by atoms with Gasteiger partial charge in [0, 0.05) is 24.8 Å². The number of hydrogen-bond donors (Lipinski definition) is 2. The number of hydrogen-bond acceptors (Lipinski definition) is 4. The average Bonchev–Trinajstić information content (AvgIpc) is 3.31. The number of fused-ring (bicyclic) bond motifs is 1. The topological polar surface area (TPSA) is 91.3 Å². The van der Waals surface area contributed by atoms with Crippen molar-refractivity contribution in [2.45, 2.75) is 31.5 Å². The Hall–Kier alpha value is -4.08. The van der Waals surface area contributed by atoms with Gasteiger partial charge >= 0.3 is 12.3 Å². The van der Waals surface area contributed by atoms with Crippen molar-refractivity contribution < 1.29 is 27.8 Å². The van der Waals surface area contributed by atoms with Crippen molar-refractivity contribution in [1.29, 1.82) is 0 Å². The van der Waals surface area contributed by atoms with Crippen LogP contribution >= 0.6 is 0 Å². The Morgan fingerprint density at radius 1 is 1.08 bits per heavy atom. The zero-order valence-electron chi connectivity index (χ0n) is 19.1. The smallest absolute Gasteiger partial charge is 0.416 e. The van der Waals surface area contributed by atoms with E-state index in [1.807, 2.05) is 24.4 Å². The Balaban J connectivity index is 1.23. The fourth-order valence-electron chi connectivity index (χ4n) is 4.35. The molecule has 4 aromatic rings. The lowest BCUT2D eigenvalue weighted by Crippen LogP contribution is -2.36. The number of ether oxygens (including phenoxy) is 1. The van der Waals surface area contributed by atoms with E-state index in [-0.39, 0.29) is 12.5 Å². The van der Waals surface area contributed by atoms with E-state index < -0.39 is 17.8 Å². The van der Waals surface area contributed by atoms with Crippen LogP contribution in [0.2, 0.25) is 0 Å². The van der Waals surface area contributed by atoms with E-state index in [4.69, 9.17) is 9.84 Å². The van der Waals surface area contributed by atoms with Crippen LogP contribution in [0.4, 0.5) is 18.0 Å². The Bertz CT molecular complexity index is 1360. The summed E-state index contributed by atoms with van der Waals surface area (Å²) in [5, 5.41) is 9.14. The Kier molecular flexibility index (Phi) is 6.26. The molecule has 1 aliphatic heterocycles. The normalized spacial score (nSPS) is 14.8. The number of aromatic amines is 1. The summed E-state index contributed by atoms with van der Waals surface area (Å²) in [6.45, 7) is 1.18. The van der Waals surface area contributed by atoms with Gasteiger partial charge in [-0.3, -0.25) is 0 Å². The molecule has 186 valence electrons. The third-order valence-corrected chi connectivity index (χ3v) is 6.41. The lowest BCUT2D eigenvalue weighted by atomic mass is 9.90. The third-order valence-electron chi connectivity index (χ3n) is 6.41. The summed E-state index contributed by atoms with van der Waals surface area (Å²) in [6.07, 6.45) is -1.91. The quantitative estimate of drug-likeness (QED) is 0.349. The maximum atomic E-state index is 12.7. The van der Waals surface area contributed by atoms with Crippen LogP contribution in [0, 0.1) is 0 Å². The van der Waals surface area contributed by atoms with Crippen LogP contribution in [0.3, 0.4) is 0 Å². The number of amides is 1. The van der Waals surface area contributed by atoms with Crippen molar-refractivity contribution in [2.24, 2.45) is 0 Å². The summed E-state index contributed by atoms with van der Waals surface area (Å²) in [6, 6.07) is 14.2. The molecule has 0 radical (unpaired) electrons. The van der Waals surface area contributed by atoms with E-state index in [1.54, 1.807) is 12.1 Å². The van der Waals surface area contributed by atoms with Crippen LogP contribution in [0.25, 0.3) is 22.6 Å². The van der Waals surface area contributed by atoms with Gasteiger partial charge in [0.25, 0.3) is 0 Å². The van der Waals surface area contributed by atoms with Gasteiger partial charge in [0.1, 0.15) is 18.2 Å². The van der Waals surface area contributed by atoms with Crippen LogP contribution < -0.4 is 4.74 Å². The number of imidazole rings is 1. The molecule has 0 spiro atoms. The standard InChI is InChI=1S/C26H23F3N4O3/c27-26(28,29)20-5-1-16(2-6-20)15-36-21-7-3-18(4-8-21)23-31-22-13-19(14-30-24(22)32-23)17-9-11-33(12-10-17)25(34)35/h1-8,13-14,17H,9-12,15H2,(H,34,35)(H,30,31,32). The molecule has 2 aromatic carbocycles. The molecule has 1 saturated heterocycles. The lowest BCUT2D eigenvalue weighted by Gasteiger charge is -2.29. The highest BCUT2D eigenvalue weighted by atomic mass is 19.4. The molecule has 5 rings (SSSR count). The largest absolute Gasteiger partial charge is 0.489 e. The average molecular weight is 496 g/mol. The van der Waals surface area contributed by atoms with Crippen molar-refractivity contribution >= 4 is 17.3 Å². The van der Waals surface area contributed by atoms with Crippen molar-refractivity contribution in [1.82, 2.24) is 19.9 Å². The Morgan fingerprint density at radius 2 is 1.78 bits per heavy atom. The van der Waals surface area contributed by atoms with Crippen LogP contribution in [-0.4, -0.2) is 44.1 Å². The number of rotatable bonds is 5. The zero-order valence-corrected chi connectivity index (χ0v) is 19.1. The molecule has 1 amide bonds. The van der Waals surface area contributed by atoms with Gasteiger partial charge < -0.3 is 19.7 Å². The molecule has 10 heteroatoms. The molecule has 36 heavy (non-hydrogen) atoms. The minimum atomic E-state index is -4.36. The molecule has 0 unspecified atom stereocenters. The SMILES string of the molecule is O=C(O)N1CCC(c2cnc3nc(-c4ccc(OCc5ccc(C(F)(F)F)cc5)cc4)[nH]c3c2)CC1. The Morgan fingerprint density at radius 3 is 2.42 bits per heavy atom. The monoisotopic (exact) mass is 496 g/mol. The summed E-state index contributed by atoms with van der Waals surface area (Å²) in [5.41, 5.74) is 3.26. The highest BCUT2D eigenvalue weighted by Gasteiger charge is 2.30. The number of H-pyrrole nitrogens is 1. The summed E-state index contributed by atoms with van der Waals surface area (Å²) in [7, 11) is 0. The maximum Gasteiger partial charge on any atom is 0.416 e. The van der Waals surface area contributed by atoms with Crippen LogP contribution in [0.1, 0.15) is 35.4 Å². The minimum absolute atomic E-state index is 0.153. The molecule has 2 N–H and O–H groups in total. The first-order chi connectivity index (χ1) is 17.3. The molecule has 1 aliphatic rings. The van der Waals surface area contributed by atoms with Crippen molar-refractivity contribution in [3.63, 3.8) is 0 Å². The molecular formula is C26H23F3N4O3. The first-order valence-corrected chi connectivity index (χ1v) is 11.5. The zero-order chi connectivity index (χ0) is 25.3. The number of nitrogens with zero attached hydrogens (tertiary/aromatic N) is 3. The predicted molar refractivity (Wildman–Crippen MR) is 127 cm³/mol. The highest BCUT2D eigenvalue weighted by Crippen LogP contribution is 2.31. The molecule has 2 aromatic heterocycles. The molecule has 0 aliphatic carbocycles. The molecule has 0 atom stereocenters. The number of nitrogens with one attached hydrogen (secondary N) is 1. The van der Waals surface area contributed by atoms with E-state index in [2.05, 4.69) is 15.0 Å². The molecule has 1 fully saturated rings. The number of benzene rings is 2. The molecular weight excluding hydrogens is 473 g/mol. The van der Waals surface area contributed by atoms with Gasteiger partial charge in [0.2, 0.25) is 0 Å². The maximum absolute atomic E-state index is 12.7. The second kappa shape index (κ2) is 9.52. The van der Waals surface area contributed by atoms with Gasteiger partial charge in [-0.15, -0.1) is 0 Å². The van der Waals surface area contributed by atoms with E-state index in [1.165, 1.54) is 17.0 Å². The fourth-order valence-corrected chi connectivity index (χ4v) is 4.35. The van der Waals surface area contributed by atoms with Gasteiger partial charge in [-0.1, -0.05) is 12.1 Å². The first-order valence-electron chi connectivity index (χ1n) is 11.5. The van der Waals surface area contributed by atoms with Gasteiger partial charge in [-0.2, -0.15) is 13.2 Å². The number of likely N-dealkylation sites (tertiary alicyclic amines) is 1. The lowest BCUT2D eigenvalue weighted by molar-refractivity contribution is -0.137. The molecule has 3 heterocycles.